The summed E-state index contributed by atoms with van der Waals surface area (Å²) in [7, 11) is 0. The van der Waals surface area contributed by atoms with Crippen LogP contribution in [0.15, 0.2) is 24.3 Å². The third-order valence-electron chi connectivity index (χ3n) is 3.69. The van der Waals surface area contributed by atoms with E-state index < -0.39 is 0 Å². The maximum absolute atomic E-state index is 12.1. The third-order valence-corrected chi connectivity index (χ3v) is 3.69. The Hall–Kier alpha value is -1.35. The molecule has 0 spiro atoms. The Morgan fingerprint density at radius 2 is 2.11 bits per heavy atom. The molecule has 98 valence electrons. The summed E-state index contributed by atoms with van der Waals surface area (Å²) in [5, 5.41) is 0. The molecule has 1 heterocycles. The molecule has 3 heteroatoms. The van der Waals surface area contributed by atoms with Crippen molar-refractivity contribution in [1.82, 2.24) is 4.90 Å². The van der Waals surface area contributed by atoms with Gasteiger partial charge >= 0.3 is 0 Å². The lowest BCUT2D eigenvalue weighted by molar-refractivity contribution is -0.129. The van der Waals surface area contributed by atoms with E-state index in [-0.39, 0.29) is 5.91 Å². The lowest BCUT2D eigenvalue weighted by Gasteiger charge is -2.16. The molecule has 18 heavy (non-hydrogen) atoms. The van der Waals surface area contributed by atoms with Crippen LogP contribution >= 0.6 is 0 Å². The van der Waals surface area contributed by atoms with Crippen molar-refractivity contribution < 1.29 is 4.79 Å². The molecule has 1 atom stereocenters. The van der Waals surface area contributed by atoms with Crippen LogP contribution in [-0.2, 0) is 11.2 Å². The molecule has 1 fully saturated rings. The molecule has 1 aromatic carbocycles. The average molecular weight is 246 g/mol. The van der Waals surface area contributed by atoms with Crippen LogP contribution in [0.3, 0.4) is 0 Å². The predicted octanol–water partition coefficient (Wildman–Crippen LogP) is 1.73. The van der Waals surface area contributed by atoms with Crippen molar-refractivity contribution in [1.29, 1.82) is 0 Å². The summed E-state index contributed by atoms with van der Waals surface area (Å²) < 4.78 is 0. The Kier molecular flexibility index (Phi) is 4.37. The van der Waals surface area contributed by atoms with Crippen LogP contribution in [0.2, 0.25) is 0 Å². The number of aryl methyl sites for hydroxylation is 1. The highest BCUT2D eigenvalue weighted by Gasteiger charge is 2.25. The van der Waals surface area contributed by atoms with Gasteiger partial charge < -0.3 is 10.6 Å². The van der Waals surface area contributed by atoms with Crippen molar-refractivity contribution in [2.75, 3.05) is 19.6 Å². The number of amides is 1. The molecule has 2 rings (SSSR count). The highest BCUT2D eigenvalue weighted by Crippen LogP contribution is 2.19. The van der Waals surface area contributed by atoms with Crippen LogP contribution < -0.4 is 5.73 Å². The molecule has 0 bridgehead atoms. The van der Waals surface area contributed by atoms with Gasteiger partial charge in [-0.3, -0.25) is 4.79 Å². The minimum absolute atomic E-state index is 0.248. The van der Waals surface area contributed by atoms with Gasteiger partial charge in [-0.15, -0.1) is 0 Å². The lowest BCUT2D eigenvalue weighted by atomic mass is 10.1. The maximum Gasteiger partial charge on any atom is 0.226 e. The SMILES string of the molecule is Cc1ccc(CC(=O)N2CCC(CCN)C2)cc1. The zero-order chi connectivity index (χ0) is 13.0. The number of nitrogens with zero attached hydrogens (tertiary/aromatic N) is 1. The van der Waals surface area contributed by atoms with E-state index in [1.807, 2.05) is 17.0 Å². The third kappa shape index (κ3) is 3.33. The van der Waals surface area contributed by atoms with Gasteiger partial charge in [0.05, 0.1) is 6.42 Å². The molecular formula is C15H22N2O. The van der Waals surface area contributed by atoms with E-state index in [1.54, 1.807) is 0 Å². The van der Waals surface area contributed by atoms with E-state index in [0.29, 0.717) is 12.3 Å². The molecule has 2 N–H and O–H groups in total. The van der Waals surface area contributed by atoms with Gasteiger partial charge in [0.25, 0.3) is 0 Å². The minimum Gasteiger partial charge on any atom is -0.342 e. The first-order valence-corrected chi connectivity index (χ1v) is 6.72. The number of hydrogen-bond acceptors (Lipinski definition) is 2. The Morgan fingerprint density at radius 1 is 1.39 bits per heavy atom. The van der Waals surface area contributed by atoms with Gasteiger partial charge in [-0.2, -0.15) is 0 Å². The number of nitrogens with two attached hydrogens (primary N) is 1. The van der Waals surface area contributed by atoms with E-state index in [9.17, 15) is 4.79 Å². The Balaban J connectivity index is 1.87. The fourth-order valence-electron chi connectivity index (χ4n) is 2.52. The molecule has 3 nitrogen and oxygen atoms in total. The summed E-state index contributed by atoms with van der Waals surface area (Å²) in [6.07, 6.45) is 2.67. The van der Waals surface area contributed by atoms with Crippen LogP contribution in [0.1, 0.15) is 24.0 Å². The fraction of sp³-hybridized carbons (Fsp3) is 0.533. The topological polar surface area (TPSA) is 46.3 Å². The quantitative estimate of drug-likeness (QED) is 0.879. The van der Waals surface area contributed by atoms with Crippen molar-refractivity contribution in [3.05, 3.63) is 35.4 Å². The van der Waals surface area contributed by atoms with Crippen molar-refractivity contribution >= 4 is 5.91 Å². The van der Waals surface area contributed by atoms with Crippen LogP contribution in [0.4, 0.5) is 0 Å². The van der Waals surface area contributed by atoms with Crippen LogP contribution in [0.5, 0.6) is 0 Å². The molecule has 0 aliphatic carbocycles. The first kappa shape index (κ1) is 13.1. The van der Waals surface area contributed by atoms with E-state index in [1.165, 1.54) is 5.56 Å². The zero-order valence-corrected chi connectivity index (χ0v) is 11.1. The summed E-state index contributed by atoms with van der Waals surface area (Å²) in [5.74, 6) is 0.857. The molecule has 1 amide bonds. The van der Waals surface area contributed by atoms with Crippen molar-refractivity contribution in [2.24, 2.45) is 11.7 Å². The van der Waals surface area contributed by atoms with Gasteiger partial charge in [0, 0.05) is 13.1 Å². The highest BCUT2D eigenvalue weighted by atomic mass is 16.2. The normalized spacial score (nSPS) is 19.2. The number of benzene rings is 1. The fourth-order valence-corrected chi connectivity index (χ4v) is 2.52. The summed E-state index contributed by atoms with van der Waals surface area (Å²) >= 11 is 0. The van der Waals surface area contributed by atoms with E-state index in [4.69, 9.17) is 5.73 Å². The molecule has 1 aliphatic rings. The van der Waals surface area contributed by atoms with Gasteiger partial charge in [0.15, 0.2) is 0 Å². The van der Waals surface area contributed by atoms with Gasteiger partial charge in [0.1, 0.15) is 0 Å². The average Bonchev–Trinajstić information content (AvgIpc) is 2.81. The minimum atomic E-state index is 0.248. The van der Waals surface area contributed by atoms with E-state index >= 15 is 0 Å². The number of hydrogen-bond donors (Lipinski definition) is 1. The van der Waals surface area contributed by atoms with Crippen molar-refractivity contribution in [3.63, 3.8) is 0 Å². The van der Waals surface area contributed by atoms with Gasteiger partial charge in [-0.25, -0.2) is 0 Å². The van der Waals surface area contributed by atoms with Crippen LogP contribution in [0, 0.1) is 12.8 Å². The number of likely N-dealkylation sites (tertiary alicyclic amines) is 1. The monoisotopic (exact) mass is 246 g/mol. The summed E-state index contributed by atoms with van der Waals surface area (Å²) in [4.78, 5) is 14.1. The lowest BCUT2D eigenvalue weighted by Crippen LogP contribution is -2.30. The second kappa shape index (κ2) is 6.01. The number of carbonyl (C=O) groups is 1. The Morgan fingerprint density at radius 3 is 2.78 bits per heavy atom. The first-order chi connectivity index (χ1) is 8.69. The molecule has 1 aliphatic heterocycles. The highest BCUT2D eigenvalue weighted by molar-refractivity contribution is 5.79. The smallest absolute Gasteiger partial charge is 0.226 e. The standard InChI is InChI=1S/C15H22N2O/c1-12-2-4-13(5-3-12)10-15(18)17-9-7-14(11-17)6-8-16/h2-5,14H,6-11,16H2,1H3. The number of rotatable bonds is 4. The molecule has 0 saturated carbocycles. The van der Waals surface area contributed by atoms with Gasteiger partial charge in [0.2, 0.25) is 5.91 Å². The summed E-state index contributed by atoms with van der Waals surface area (Å²) in [5.41, 5.74) is 7.90. The summed E-state index contributed by atoms with van der Waals surface area (Å²) in [6.45, 7) is 4.57. The van der Waals surface area contributed by atoms with Gasteiger partial charge in [-0.05, 0) is 37.8 Å². The first-order valence-electron chi connectivity index (χ1n) is 6.72. The number of carbonyl (C=O) groups excluding carboxylic acids is 1. The Labute approximate surface area is 109 Å². The van der Waals surface area contributed by atoms with E-state index in [0.717, 1.165) is 38.0 Å². The molecule has 0 aromatic heterocycles. The van der Waals surface area contributed by atoms with E-state index in [2.05, 4.69) is 19.1 Å². The molecule has 1 aromatic rings. The molecule has 0 radical (unpaired) electrons. The predicted molar refractivity (Wildman–Crippen MR) is 73.2 cm³/mol. The zero-order valence-electron chi connectivity index (χ0n) is 11.1. The molecule has 1 saturated heterocycles. The second-order valence-corrected chi connectivity index (χ2v) is 5.23. The van der Waals surface area contributed by atoms with Crippen LogP contribution in [-0.4, -0.2) is 30.4 Å². The second-order valence-electron chi connectivity index (χ2n) is 5.23. The maximum atomic E-state index is 12.1. The molecular weight excluding hydrogens is 224 g/mol. The van der Waals surface area contributed by atoms with Crippen LogP contribution in [0.25, 0.3) is 0 Å². The van der Waals surface area contributed by atoms with Crippen molar-refractivity contribution in [3.8, 4) is 0 Å². The van der Waals surface area contributed by atoms with Crippen molar-refractivity contribution in [2.45, 2.75) is 26.2 Å². The largest absolute Gasteiger partial charge is 0.342 e. The summed E-state index contributed by atoms with van der Waals surface area (Å²) in [6, 6.07) is 8.20. The molecule has 1 unspecified atom stereocenters. The van der Waals surface area contributed by atoms with Gasteiger partial charge in [-0.1, -0.05) is 29.8 Å². The Bertz CT molecular complexity index is 399.